The Labute approximate surface area is 206 Å². The number of benzene rings is 1. The normalized spacial score (nSPS) is 13.8. The van der Waals surface area contributed by atoms with E-state index in [0.29, 0.717) is 13.0 Å². The molecule has 4 rings (SSSR count). The van der Waals surface area contributed by atoms with Gasteiger partial charge in [-0.25, -0.2) is 9.80 Å². The van der Waals surface area contributed by atoms with Crippen LogP contribution in [-0.4, -0.2) is 68.2 Å². The minimum absolute atomic E-state index is 0.115. The Balaban J connectivity index is 1.16. The Kier molecular flexibility index (Phi) is 7.68. The average Bonchev–Trinajstić information content (AvgIpc) is 3.61. The number of imide groups is 1. The second-order valence-electron chi connectivity index (χ2n) is 8.07. The van der Waals surface area contributed by atoms with Crippen molar-refractivity contribution in [2.75, 3.05) is 20.2 Å². The number of furan rings is 1. The van der Waals surface area contributed by atoms with Crippen LogP contribution < -0.4 is 4.74 Å². The van der Waals surface area contributed by atoms with Gasteiger partial charge in [0.2, 0.25) is 0 Å². The highest BCUT2D eigenvalue weighted by Gasteiger charge is 2.35. The number of unbranched alkanes of at least 4 members (excludes halogenated alkanes) is 3. The number of hydrogen-bond donors (Lipinski definition) is 0. The molecule has 13 nitrogen and oxygen atoms in total. The van der Waals surface area contributed by atoms with Crippen molar-refractivity contribution >= 4 is 24.0 Å². The molecule has 1 aliphatic rings. The maximum atomic E-state index is 12.5. The summed E-state index contributed by atoms with van der Waals surface area (Å²) in [5.41, 5.74) is 1.76. The highest BCUT2D eigenvalue weighted by atomic mass is 16.6. The van der Waals surface area contributed by atoms with Crippen LogP contribution >= 0.6 is 0 Å². The molecule has 36 heavy (non-hydrogen) atoms. The van der Waals surface area contributed by atoms with Crippen LogP contribution in [-0.2, 0) is 11.3 Å². The number of aryl methyl sites for hydroxylation is 1. The van der Waals surface area contributed by atoms with Gasteiger partial charge in [0.15, 0.2) is 5.76 Å². The molecule has 0 aliphatic carbocycles. The number of aromatic nitrogens is 3. The molecule has 2 aromatic heterocycles. The number of nitro groups is 1. The van der Waals surface area contributed by atoms with Crippen LogP contribution in [0, 0.1) is 10.1 Å². The van der Waals surface area contributed by atoms with E-state index in [1.165, 1.54) is 23.2 Å². The number of hydrogen-bond acceptors (Lipinski definition) is 9. The van der Waals surface area contributed by atoms with Gasteiger partial charge >= 0.3 is 11.9 Å². The molecule has 1 saturated heterocycles. The molecule has 0 bridgehead atoms. The molecule has 1 aromatic carbocycles. The smallest absolute Gasteiger partial charge is 0.433 e. The van der Waals surface area contributed by atoms with Crippen LogP contribution in [0.1, 0.15) is 31.4 Å². The van der Waals surface area contributed by atoms with Gasteiger partial charge in [0.25, 0.3) is 5.91 Å². The first-order chi connectivity index (χ1) is 17.4. The molecule has 3 heterocycles. The van der Waals surface area contributed by atoms with Crippen molar-refractivity contribution in [3.8, 4) is 17.0 Å². The summed E-state index contributed by atoms with van der Waals surface area (Å²) in [6.07, 6.45) is 6.39. The number of urea groups is 1. The Bertz CT molecular complexity index is 1250. The summed E-state index contributed by atoms with van der Waals surface area (Å²) in [7, 11) is 1.62. The maximum Gasteiger partial charge on any atom is 0.433 e. The number of carbonyl (C=O) groups is 2. The highest BCUT2D eigenvalue weighted by Crippen LogP contribution is 2.20. The molecule has 0 N–H and O–H groups in total. The fraction of sp³-hybridized carbons (Fsp3) is 0.348. The third-order valence-corrected chi connectivity index (χ3v) is 5.60. The number of methoxy groups -OCH3 is 1. The van der Waals surface area contributed by atoms with Crippen molar-refractivity contribution in [3.05, 3.63) is 58.5 Å². The molecule has 1 fully saturated rings. The molecule has 3 aromatic rings. The van der Waals surface area contributed by atoms with Gasteiger partial charge in [-0.1, -0.05) is 18.1 Å². The SMILES string of the molecule is COc1ccc(-c2cn(CCCCCCN3C(=O)CN(/N=C/c4ccc([N+](=O)[O-])o4)C3=O)nn2)cc1. The Hall–Kier alpha value is -4.55. The molecule has 3 amide bonds. The number of carbonyl (C=O) groups excluding carboxylic acids is 2. The summed E-state index contributed by atoms with van der Waals surface area (Å²) >= 11 is 0. The van der Waals surface area contributed by atoms with Gasteiger partial charge in [0.1, 0.15) is 22.9 Å². The van der Waals surface area contributed by atoms with Crippen LogP contribution in [0.15, 0.2) is 52.1 Å². The lowest BCUT2D eigenvalue weighted by atomic mass is 10.1. The minimum atomic E-state index is -0.671. The first-order valence-electron chi connectivity index (χ1n) is 11.4. The summed E-state index contributed by atoms with van der Waals surface area (Å²) in [6.45, 7) is 0.847. The first kappa shape index (κ1) is 24.6. The number of rotatable bonds is 12. The Morgan fingerprint density at radius 1 is 1.11 bits per heavy atom. The van der Waals surface area contributed by atoms with Gasteiger partial charge in [-0.05, 0) is 43.2 Å². The summed E-state index contributed by atoms with van der Waals surface area (Å²) < 4.78 is 11.9. The standard InChI is InChI=1S/C23H25N7O6/c1-35-18-8-6-17(7-9-18)20-15-27(26-25-20)12-4-2-3-5-13-28-21(31)16-29(23(28)32)24-14-19-10-11-22(36-19)30(33)34/h6-11,14-15H,2-5,12-13,16H2,1H3/b24-14+. The molecule has 0 spiro atoms. The maximum absolute atomic E-state index is 12.5. The molecule has 0 atom stereocenters. The number of ether oxygens (including phenoxy) is 1. The molecular formula is C23H25N7O6. The van der Waals surface area contributed by atoms with Crippen LogP contribution in [0.4, 0.5) is 10.7 Å². The lowest BCUT2D eigenvalue weighted by Gasteiger charge is -2.13. The fourth-order valence-corrected chi connectivity index (χ4v) is 3.67. The highest BCUT2D eigenvalue weighted by molar-refractivity contribution is 6.02. The second-order valence-corrected chi connectivity index (χ2v) is 8.07. The zero-order valence-electron chi connectivity index (χ0n) is 19.6. The van der Waals surface area contributed by atoms with E-state index < -0.39 is 16.8 Å². The topological polar surface area (TPSA) is 149 Å². The summed E-state index contributed by atoms with van der Waals surface area (Å²) in [6, 6.07) is 9.65. The van der Waals surface area contributed by atoms with E-state index in [0.717, 1.165) is 47.8 Å². The van der Waals surface area contributed by atoms with Crippen molar-refractivity contribution in [1.82, 2.24) is 24.9 Å². The molecule has 0 saturated carbocycles. The molecule has 0 radical (unpaired) electrons. The fourth-order valence-electron chi connectivity index (χ4n) is 3.67. The van der Waals surface area contributed by atoms with E-state index in [4.69, 9.17) is 9.15 Å². The van der Waals surface area contributed by atoms with Crippen LogP contribution in [0.25, 0.3) is 11.3 Å². The van der Waals surface area contributed by atoms with E-state index >= 15 is 0 Å². The van der Waals surface area contributed by atoms with E-state index in [1.54, 1.807) is 11.8 Å². The van der Waals surface area contributed by atoms with Crippen LogP contribution in [0.2, 0.25) is 0 Å². The van der Waals surface area contributed by atoms with E-state index in [2.05, 4.69) is 15.4 Å². The third-order valence-electron chi connectivity index (χ3n) is 5.60. The summed E-state index contributed by atoms with van der Waals surface area (Å²) in [5, 5.41) is 24.0. The zero-order chi connectivity index (χ0) is 25.5. The van der Waals surface area contributed by atoms with Gasteiger partial charge in [-0.3, -0.25) is 24.5 Å². The van der Waals surface area contributed by atoms with E-state index in [-0.39, 0.29) is 18.2 Å². The largest absolute Gasteiger partial charge is 0.497 e. The van der Waals surface area contributed by atoms with Crippen molar-refractivity contribution in [1.29, 1.82) is 0 Å². The zero-order valence-corrected chi connectivity index (χ0v) is 19.6. The van der Waals surface area contributed by atoms with Crippen molar-refractivity contribution < 1.29 is 23.7 Å². The summed E-state index contributed by atoms with van der Waals surface area (Å²) in [4.78, 5) is 35.8. The molecule has 1 aliphatic heterocycles. The van der Waals surface area contributed by atoms with Gasteiger partial charge in [-0.2, -0.15) is 5.10 Å². The number of hydrazone groups is 1. The summed E-state index contributed by atoms with van der Waals surface area (Å²) in [5.74, 6) is 0.134. The lowest BCUT2D eigenvalue weighted by molar-refractivity contribution is -0.402. The lowest BCUT2D eigenvalue weighted by Crippen LogP contribution is -2.32. The quantitative estimate of drug-likeness (QED) is 0.122. The molecule has 188 valence electrons. The second kappa shape index (κ2) is 11.3. The van der Waals surface area contributed by atoms with Gasteiger partial charge < -0.3 is 9.15 Å². The van der Waals surface area contributed by atoms with Gasteiger partial charge in [-0.15, -0.1) is 5.10 Å². The Morgan fingerprint density at radius 3 is 2.56 bits per heavy atom. The number of amides is 3. The van der Waals surface area contributed by atoms with Crippen molar-refractivity contribution in [2.24, 2.45) is 5.10 Å². The van der Waals surface area contributed by atoms with E-state index in [9.17, 15) is 19.7 Å². The predicted molar refractivity (Wildman–Crippen MR) is 127 cm³/mol. The van der Waals surface area contributed by atoms with Crippen molar-refractivity contribution in [3.63, 3.8) is 0 Å². The molecular weight excluding hydrogens is 470 g/mol. The third kappa shape index (κ3) is 5.92. The van der Waals surface area contributed by atoms with Gasteiger partial charge in [0.05, 0.1) is 25.6 Å². The van der Waals surface area contributed by atoms with E-state index in [1.807, 2.05) is 30.5 Å². The van der Waals surface area contributed by atoms with Gasteiger partial charge in [0, 0.05) is 18.7 Å². The Morgan fingerprint density at radius 2 is 1.86 bits per heavy atom. The number of nitrogens with zero attached hydrogens (tertiary/aromatic N) is 7. The average molecular weight is 495 g/mol. The monoisotopic (exact) mass is 495 g/mol. The predicted octanol–water partition coefficient (Wildman–Crippen LogP) is 3.31. The van der Waals surface area contributed by atoms with Crippen LogP contribution in [0.5, 0.6) is 5.75 Å². The van der Waals surface area contributed by atoms with Crippen LogP contribution in [0.3, 0.4) is 0 Å². The minimum Gasteiger partial charge on any atom is -0.497 e. The molecule has 13 heteroatoms. The molecule has 0 unspecified atom stereocenters. The van der Waals surface area contributed by atoms with Crippen molar-refractivity contribution in [2.45, 2.75) is 32.2 Å². The first-order valence-corrected chi connectivity index (χ1v) is 11.4.